The number of amides is 1. The van der Waals surface area contributed by atoms with Crippen LogP contribution in [0.25, 0.3) is 0 Å². The third-order valence-corrected chi connectivity index (χ3v) is 4.76. The zero-order chi connectivity index (χ0) is 17.0. The highest BCUT2D eigenvalue weighted by Crippen LogP contribution is 2.26. The molecule has 0 radical (unpaired) electrons. The maximum absolute atomic E-state index is 12.2. The molecule has 1 atom stereocenters. The third-order valence-electron chi connectivity index (χ3n) is 2.97. The molecule has 0 spiro atoms. The van der Waals surface area contributed by atoms with E-state index < -0.39 is 18.0 Å². The molecule has 0 fully saturated rings. The largest absolute Gasteiger partial charge is 0.449 e. The first kappa shape index (κ1) is 16.9. The van der Waals surface area contributed by atoms with Crippen LogP contribution in [-0.2, 0) is 9.53 Å². The van der Waals surface area contributed by atoms with Gasteiger partial charge in [-0.3, -0.25) is 4.79 Å². The molecule has 2 aromatic rings. The van der Waals surface area contributed by atoms with Gasteiger partial charge in [0.05, 0.1) is 11.3 Å². The Labute approximate surface area is 141 Å². The van der Waals surface area contributed by atoms with Crippen molar-refractivity contribution in [2.45, 2.75) is 20.0 Å². The van der Waals surface area contributed by atoms with E-state index >= 15 is 0 Å². The Kier molecular flexibility index (Phi) is 5.31. The maximum atomic E-state index is 12.2. The Bertz CT molecular complexity index is 775. The summed E-state index contributed by atoms with van der Waals surface area (Å²) >= 11 is 2.38. The standard InChI is InChI=1S/C14H14N4O3S2/c1-7-10(13(16-3)23-18-7)14(20)21-8(2)11(19)17-12-9(6-15)4-5-22-12/h4-5,8,16H,1-3H3,(H,17,19). The molecule has 1 unspecified atom stereocenters. The second kappa shape index (κ2) is 7.21. The van der Waals surface area contributed by atoms with E-state index in [-0.39, 0.29) is 0 Å². The molecule has 9 heteroatoms. The first-order valence-corrected chi connectivity index (χ1v) is 8.26. The highest BCUT2D eigenvalue weighted by Gasteiger charge is 2.24. The Morgan fingerprint density at radius 2 is 2.17 bits per heavy atom. The average Bonchev–Trinajstić information content (AvgIpc) is 3.12. The van der Waals surface area contributed by atoms with Gasteiger partial charge in [-0.2, -0.15) is 9.64 Å². The van der Waals surface area contributed by atoms with E-state index in [1.165, 1.54) is 18.3 Å². The van der Waals surface area contributed by atoms with E-state index in [9.17, 15) is 9.59 Å². The monoisotopic (exact) mass is 350 g/mol. The number of hydrogen-bond donors (Lipinski definition) is 2. The molecule has 2 rings (SSSR count). The van der Waals surface area contributed by atoms with Crippen molar-refractivity contribution in [1.82, 2.24) is 4.37 Å². The van der Waals surface area contributed by atoms with E-state index in [1.54, 1.807) is 25.4 Å². The van der Waals surface area contributed by atoms with Crippen LogP contribution in [0, 0.1) is 18.3 Å². The van der Waals surface area contributed by atoms with Crippen LogP contribution in [0.1, 0.15) is 28.5 Å². The minimum absolute atomic E-state index is 0.325. The first-order chi connectivity index (χ1) is 11.0. The van der Waals surface area contributed by atoms with Gasteiger partial charge in [-0.25, -0.2) is 4.79 Å². The summed E-state index contributed by atoms with van der Waals surface area (Å²) in [5.41, 5.74) is 1.24. The van der Waals surface area contributed by atoms with Gasteiger partial charge in [0.15, 0.2) is 6.10 Å². The van der Waals surface area contributed by atoms with Crippen molar-refractivity contribution in [3.8, 4) is 6.07 Å². The zero-order valence-electron chi connectivity index (χ0n) is 12.7. The number of thiophene rings is 1. The Morgan fingerprint density at radius 3 is 2.83 bits per heavy atom. The number of rotatable bonds is 5. The lowest BCUT2D eigenvalue weighted by molar-refractivity contribution is -0.123. The molecule has 23 heavy (non-hydrogen) atoms. The lowest BCUT2D eigenvalue weighted by Crippen LogP contribution is -2.30. The van der Waals surface area contributed by atoms with Gasteiger partial charge in [0.25, 0.3) is 5.91 Å². The van der Waals surface area contributed by atoms with Gasteiger partial charge in [-0.05, 0) is 36.8 Å². The second-order valence-electron chi connectivity index (χ2n) is 4.53. The molecule has 7 nitrogen and oxygen atoms in total. The molecule has 2 aromatic heterocycles. The van der Waals surface area contributed by atoms with Crippen LogP contribution in [0.15, 0.2) is 11.4 Å². The van der Waals surface area contributed by atoms with Gasteiger partial charge in [0, 0.05) is 7.05 Å². The van der Waals surface area contributed by atoms with Gasteiger partial charge < -0.3 is 15.4 Å². The maximum Gasteiger partial charge on any atom is 0.343 e. The van der Waals surface area contributed by atoms with E-state index in [0.717, 1.165) is 11.5 Å². The summed E-state index contributed by atoms with van der Waals surface area (Å²) in [6.45, 7) is 3.17. The summed E-state index contributed by atoms with van der Waals surface area (Å²) in [6, 6.07) is 3.59. The van der Waals surface area contributed by atoms with Gasteiger partial charge in [0.1, 0.15) is 21.6 Å². The van der Waals surface area contributed by atoms with Crippen LogP contribution in [0.2, 0.25) is 0 Å². The number of nitriles is 1. The fraction of sp³-hybridized carbons (Fsp3) is 0.286. The van der Waals surface area contributed by atoms with Crippen molar-refractivity contribution in [3.05, 3.63) is 28.3 Å². The molecule has 0 bridgehead atoms. The van der Waals surface area contributed by atoms with Gasteiger partial charge >= 0.3 is 5.97 Å². The quantitative estimate of drug-likeness (QED) is 0.803. The van der Waals surface area contributed by atoms with Gasteiger partial charge in [-0.15, -0.1) is 11.3 Å². The number of hydrogen-bond acceptors (Lipinski definition) is 8. The molecular weight excluding hydrogens is 336 g/mol. The van der Waals surface area contributed by atoms with E-state index in [4.69, 9.17) is 10.00 Å². The summed E-state index contributed by atoms with van der Waals surface area (Å²) in [6.07, 6.45) is -1.000. The number of carbonyl (C=O) groups is 2. The van der Waals surface area contributed by atoms with Crippen molar-refractivity contribution < 1.29 is 14.3 Å². The van der Waals surface area contributed by atoms with Crippen molar-refractivity contribution in [3.63, 3.8) is 0 Å². The van der Waals surface area contributed by atoms with Crippen molar-refractivity contribution in [2.75, 3.05) is 17.7 Å². The number of aromatic nitrogens is 1. The third kappa shape index (κ3) is 3.67. The van der Waals surface area contributed by atoms with Crippen LogP contribution < -0.4 is 10.6 Å². The zero-order valence-corrected chi connectivity index (χ0v) is 14.3. The predicted molar refractivity (Wildman–Crippen MR) is 88.9 cm³/mol. The fourth-order valence-corrected chi connectivity index (χ4v) is 3.23. The minimum atomic E-state index is -1.000. The summed E-state index contributed by atoms with van der Waals surface area (Å²) in [7, 11) is 1.68. The highest BCUT2D eigenvalue weighted by atomic mass is 32.1. The number of aryl methyl sites for hydroxylation is 1. The molecular formula is C14H14N4O3S2. The molecule has 0 aromatic carbocycles. The smallest absolute Gasteiger partial charge is 0.343 e. The van der Waals surface area contributed by atoms with Crippen LogP contribution in [0.5, 0.6) is 0 Å². The van der Waals surface area contributed by atoms with Crippen LogP contribution in [0.4, 0.5) is 10.0 Å². The number of nitrogens with one attached hydrogen (secondary N) is 2. The number of esters is 1. The van der Waals surface area contributed by atoms with Gasteiger partial charge in [0.2, 0.25) is 0 Å². The van der Waals surface area contributed by atoms with Crippen LogP contribution in [-0.4, -0.2) is 29.4 Å². The predicted octanol–water partition coefficient (Wildman–Crippen LogP) is 2.61. The first-order valence-electron chi connectivity index (χ1n) is 6.61. The SMILES string of the molecule is CNc1snc(C)c1C(=O)OC(C)C(=O)Nc1sccc1C#N. The summed E-state index contributed by atoms with van der Waals surface area (Å²) in [5.74, 6) is -1.11. The van der Waals surface area contributed by atoms with E-state index in [1.807, 2.05) is 6.07 Å². The molecule has 120 valence electrons. The second-order valence-corrected chi connectivity index (χ2v) is 6.22. The minimum Gasteiger partial charge on any atom is -0.449 e. The number of carbonyl (C=O) groups excluding carboxylic acids is 2. The Hall–Kier alpha value is -2.44. The van der Waals surface area contributed by atoms with E-state index in [2.05, 4.69) is 15.0 Å². The topological polar surface area (TPSA) is 104 Å². The molecule has 0 aliphatic heterocycles. The lowest BCUT2D eigenvalue weighted by Gasteiger charge is -2.13. The highest BCUT2D eigenvalue weighted by molar-refractivity contribution is 7.14. The van der Waals surface area contributed by atoms with Crippen LogP contribution in [0.3, 0.4) is 0 Å². The van der Waals surface area contributed by atoms with Crippen molar-refractivity contribution in [2.24, 2.45) is 0 Å². The number of anilines is 2. The summed E-state index contributed by atoms with van der Waals surface area (Å²) in [4.78, 5) is 24.3. The molecule has 0 aliphatic rings. The Morgan fingerprint density at radius 1 is 1.43 bits per heavy atom. The molecule has 0 saturated carbocycles. The molecule has 2 N–H and O–H groups in total. The molecule has 1 amide bonds. The summed E-state index contributed by atoms with van der Waals surface area (Å²) < 4.78 is 9.29. The number of ether oxygens (including phenoxy) is 1. The Balaban J connectivity index is 2.05. The number of nitrogens with zero attached hydrogens (tertiary/aromatic N) is 2. The van der Waals surface area contributed by atoms with Crippen molar-refractivity contribution >= 4 is 44.7 Å². The van der Waals surface area contributed by atoms with Crippen LogP contribution >= 0.6 is 22.9 Å². The summed E-state index contributed by atoms with van der Waals surface area (Å²) in [5, 5.41) is 17.1. The average molecular weight is 350 g/mol. The van der Waals surface area contributed by atoms with Crippen molar-refractivity contribution in [1.29, 1.82) is 5.26 Å². The fourth-order valence-electron chi connectivity index (χ4n) is 1.76. The molecule has 2 heterocycles. The lowest BCUT2D eigenvalue weighted by atomic mass is 10.2. The molecule has 0 saturated heterocycles. The molecule has 0 aliphatic carbocycles. The van der Waals surface area contributed by atoms with E-state index in [0.29, 0.717) is 26.8 Å². The van der Waals surface area contributed by atoms with Gasteiger partial charge in [-0.1, -0.05) is 0 Å². The normalized spacial score (nSPS) is 11.4.